The van der Waals surface area contributed by atoms with Crippen molar-refractivity contribution in [2.45, 2.75) is 30.5 Å². The molecule has 0 saturated carbocycles. The fourth-order valence-electron chi connectivity index (χ4n) is 2.99. The zero-order valence-electron chi connectivity index (χ0n) is 16.3. The van der Waals surface area contributed by atoms with E-state index in [4.69, 9.17) is 0 Å². The summed E-state index contributed by atoms with van der Waals surface area (Å²) in [5.74, 6) is 0.238. The Bertz CT molecular complexity index is 1030. The summed E-state index contributed by atoms with van der Waals surface area (Å²) in [5, 5.41) is 4.81. The minimum Gasteiger partial charge on any atom is -0.345 e. The maximum atomic E-state index is 12.7. The third kappa shape index (κ3) is 5.68. The summed E-state index contributed by atoms with van der Waals surface area (Å²) in [6.07, 6.45) is 0.828. The van der Waals surface area contributed by atoms with E-state index in [9.17, 15) is 13.2 Å². The first-order valence-electron chi connectivity index (χ1n) is 9.37. The van der Waals surface area contributed by atoms with Crippen LogP contribution in [0.2, 0.25) is 0 Å². The summed E-state index contributed by atoms with van der Waals surface area (Å²) in [7, 11) is -3.60. The zero-order valence-corrected chi connectivity index (χ0v) is 18.0. The third-order valence-corrected chi connectivity index (χ3v) is 7.15. The van der Waals surface area contributed by atoms with Gasteiger partial charge in [-0.2, -0.15) is 0 Å². The SMILES string of the molecule is CC(C)CC(NC(=O)c1ccc(NS(=O)(=O)c2cccs2)cc1)c1ccccc1. The van der Waals surface area contributed by atoms with Crippen LogP contribution in [0.5, 0.6) is 0 Å². The molecule has 0 fully saturated rings. The Balaban J connectivity index is 1.71. The van der Waals surface area contributed by atoms with Crippen molar-refractivity contribution in [1.82, 2.24) is 5.32 Å². The van der Waals surface area contributed by atoms with Gasteiger partial charge < -0.3 is 5.32 Å². The smallest absolute Gasteiger partial charge is 0.271 e. The minimum atomic E-state index is -3.60. The van der Waals surface area contributed by atoms with Gasteiger partial charge in [-0.05, 0) is 53.6 Å². The second kappa shape index (κ2) is 9.24. The van der Waals surface area contributed by atoms with Crippen molar-refractivity contribution in [3.63, 3.8) is 0 Å². The molecule has 0 saturated heterocycles. The van der Waals surface area contributed by atoms with Crippen molar-refractivity contribution >= 4 is 33.0 Å². The van der Waals surface area contributed by atoms with E-state index in [-0.39, 0.29) is 16.2 Å². The van der Waals surface area contributed by atoms with Crippen LogP contribution in [0.1, 0.15) is 42.2 Å². The van der Waals surface area contributed by atoms with Crippen molar-refractivity contribution in [1.29, 1.82) is 0 Å². The highest BCUT2D eigenvalue weighted by Crippen LogP contribution is 2.23. The molecule has 2 N–H and O–H groups in total. The quantitative estimate of drug-likeness (QED) is 0.526. The highest BCUT2D eigenvalue weighted by molar-refractivity contribution is 7.94. The van der Waals surface area contributed by atoms with Crippen molar-refractivity contribution in [3.8, 4) is 0 Å². The topological polar surface area (TPSA) is 75.3 Å². The predicted octanol–water partition coefficient (Wildman–Crippen LogP) is 5.07. The maximum Gasteiger partial charge on any atom is 0.271 e. The van der Waals surface area contributed by atoms with E-state index in [1.54, 1.807) is 41.8 Å². The second-order valence-corrected chi connectivity index (χ2v) is 10.0. The van der Waals surface area contributed by atoms with Gasteiger partial charge in [0.25, 0.3) is 15.9 Å². The Morgan fingerprint density at radius 1 is 0.966 bits per heavy atom. The Labute approximate surface area is 175 Å². The van der Waals surface area contributed by atoms with Gasteiger partial charge in [-0.1, -0.05) is 50.2 Å². The number of carbonyl (C=O) groups excluding carboxylic acids is 1. The summed E-state index contributed by atoms with van der Waals surface area (Å²) in [4.78, 5) is 12.7. The number of hydrogen-bond acceptors (Lipinski definition) is 4. The van der Waals surface area contributed by atoms with E-state index < -0.39 is 10.0 Å². The molecule has 29 heavy (non-hydrogen) atoms. The first-order valence-corrected chi connectivity index (χ1v) is 11.7. The molecule has 1 amide bonds. The van der Waals surface area contributed by atoms with Crippen LogP contribution in [0, 0.1) is 5.92 Å². The molecule has 1 aromatic heterocycles. The number of rotatable bonds is 8. The second-order valence-electron chi connectivity index (χ2n) is 7.18. The monoisotopic (exact) mass is 428 g/mol. The van der Waals surface area contributed by atoms with Gasteiger partial charge in [-0.15, -0.1) is 11.3 Å². The zero-order chi connectivity index (χ0) is 20.9. The van der Waals surface area contributed by atoms with Gasteiger partial charge in [0.1, 0.15) is 4.21 Å². The molecule has 1 heterocycles. The van der Waals surface area contributed by atoms with Crippen molar-refractivity contribution in [3.05, 3.63) is 83.2 Å². The normalized spacial score (nSPS) is 12.5. The van der Waals surface area contributed by atoms with E-state index in [1.807, 2.05) is 30.3 Å². The summed E-state index contributed by atoms with van der Waals surface area (Å²) in [6, 6.07) is 19.5. The lowest BCUT2D eigenvalue weighted by atomic mass is 9.96. The van der Waals surface area contributed by atoms with Gasteiger partial charge >= 0.3 is 0 Å². The summed E-state index contributed by atoms with van der Waals surface area (Å²) >= 11 is 1.15. The van der Waals surface area contributed by atoms with Crippen molar-refractivity contribution in [2.75, 3.05) is 4.72 Å². The van der Waals surface area contributed by atoms with E-state index in [2.05, 4.69) is 23.9 Å². The molecule has 3 aromatic rings. The number of hydrogen-bond donors (Lipinski definition) is 2. The number of anilines is 1. The number of amides is 1. The van der Waals surface area contributed by atoms with Crippen LogP contribution in [-0.2, 0) is 10.0 Å². The molecule has 1 atom stereocenters. The maximum absolute atomic E-state index is 12.7. The van der Waals surface area contributed by atoms with Crippen LogP contribution in [-0.4, -0.2) is 14.3 Å². The first kappa shape index (κ1) is 21.1. The Morgan fingerprint density at radius 3 is 2.24 bits per heavy atom. The van der Waals surface area contributed by atoms with Crippen LogP contribution in [0.4, 0.5) is 5.69 Å². The van der Waals surface area contributed by atoms with Crippen LogP contribution >= 0.6 is 11.3 Å². The average molecular weight is 429 g/mol. The van der Waals surface area contributed by atoms with E-state index in [1.165, 1.54) is 0 Å². The van der Waals surface area contributed by atoms with Gasteiger partial charge in [0, 0.05) is 11.3 Å². The van der Waals surface area contributed by atoms with Crippen molar-refractivity contribution < 1.29 is 13.2 Å². The number of benzene rings is 2. The standard InChI is InChI=1S/C22H24N2O3S2/c1-16(2)15-20(17-7-4-3-5-8-17)23-22(25)18-10-12-19(13-11-18)24-29(26,27)21-9-6-14-28-21/h3-14,16,20,24H,15H2,1-2H3,(H,23,25). The molecule has 0 aliphatic heterocycles. The highest BCUT2D eigenvalue weighted by atomic mass is 32.2. The van der Waals surface area contributed by atoms with Crippen LogP contribution in [0.15, 0.2) is 76.3 Å². The van der Waals surface area contributed by atoms with Crippen LogP contribution in [0.3, 0.4) is 0 Å². The molecular formula is C22H24N2O3S2. The summed E-state index contributed by atoms with van der Waals surface area (Å²) in [6.45, 7) is 4.24. The van der Waals surface area contributed by atoms with Gasteiger partial charge in [0.2, 0.25) is 0 Å². The molecule has 2 aromatic carbocycles. The van der Waals surface area contributed by atoms with Crippen molar-refractivity contribution in [2.24, 2.45) is 5.92 Å². The molecule has 0 bridgehead atoms. The number of thiophene rings is 1. The summed E-state index contributed by atoms with van der Waals surface area (Å²) < 4.78 is 27.4. The van der Waals surface area contributed by atoms with Crippen LogP contribution < -0.4 is 10.0 Å². The van der Waals surface area contributed by atoms with Gasteiger partial charge in [-0.3, -0.25) is 9.52 Å². The molecule has 1 unspecified atom stereocenters. The first-order chi connectivity index (χ1) is 13.8. The van der Waals surface area contributed by atoms with E-state index >= 15 is 0 Å². The lowest BCUT2D eigenvalue weighted by Gasteiger charge is -2.21. The van der Waals surface area contributed by atoms with Gasteiger partial charge in [0.15, 0.2) is 0 Å². The molecule has 7 heteroatoms. The number of carbonyl (C=O) groups is 1. The third-order valence-electron chi connectivity index (χ3n) is 4.37. The minimum absolute atomic E-state index is 0.0827. The molecular weight excluding hydrogens is 404 g/mol. The molecule has 5 nitrogen and oxygen atoms in total. The Kier molecular flexibility index (Phi) is 6.71. The lowest BCUT2D eigenvalue weighted by molar-refractivity contribution is 0.0932. The molecule has 0 spiro atoms. The van der Waals surface area contributed by atoms with Gasteiger partial charge in [0.05, 0.1) is 6.04 Å². The molecule has 3 rings (SSSR count). The average Bonchev–Trinajstić information content (AvgIpc) is 3.24. The molecule has 0 aliphatic rings. The molecule has 152 valence electrons. The Hall–Kier alpha value is -2.64. The molecule has 0 radical (unpaired) electrons. The highest BCUT2D eigenvalue weighted by Gasteiger charge is 2.18. The fraction of sp³-hybridized carbons (Fsp3) is 0.227. The fourth-order valence-corrected chi connectivity index (χ4v) is 5.04. The van der Waals surface area contributed by atoms with E-state index in [0.29, 0.717) is 17.2 Å². The number of nitrogens with one attached hydrogen (secondary N) is 2. The van der Waals surface area contributed by atoms with E-state index in [0.717, 1.165) is 23.3 Å². The number of sulfonamides is 1. The van der Waals surface area contributed by atoms with Crippen LogP contribution in [0.25, 0.3) is 0 Å². The largest absolute Gasteiger partial charge is 0.345 e. The summed E-state index contributed by atoms with van der Waals surface area (Å²) in [5.41, 5.74) is 1.96. The lowest BCUT2D eigenvalue weighted by Crippen LogP contribution is -2.29. The Morgan fingerprint density at radius 2 is 1.66 bits per heavy atom. The molecule has 0 aliphatic carbocycles. The predicted molar refractivity (Wildman–Crippen MR) is 118 cm³/mol. The van der Waals surface area contributed by atoms with Gasteiger partial charge in [-0.25, -0.2) is 8.42 Å².